The Morgan fingerprint density at radius 1 is 1.32 bits per heavy atom. The van der Waals surface area contributed by atoms with Crippen molar-refractivity contribution in [2.75, 3.05) is 11.5 Å². The molecule has 1 saturated heterocycles. The molecule has 19 heavy (non-hydrogen) atoms. The van der Waals surface area contributed by atoms with Gasteiger partial charge in [0.05, 0.1) is 23.0 Å². The van der Waals surface area contributed by atoms with Gasteiger partial charge in [-0.3, -0.25) is 0 Å². The zero-order valence-electron chi connectivity index (χ0n) is 10.8. The Hall–Kier alpha value is -1.34. The Bertz CT molecular complexity index is 644. The van der Waals surface area contributed by atoms with Gasteiger partial charge >= 0.3 is 0 Å². The van der Waals surface area contributed by atoms with Crippen molar-refractivity contribution in [2.24, 2.45) is 5.92 Å². The van der Waals surface area contributed by atoms with E-state index in [4.69, 9.17) is 0 Å². The summed E-state index contributed by atoms with van der Waals surface area (Å²) in [6, 6.07) is 10.5. The molecule has 1 heterocycles. The van der Waals surface area contributed by atoms with Crippen LogP contribution >= 0.6 is 0 Å². The number of nitriles is 1. The number of aryl methyl sites for hydroxylation is 1. The maximum absolute atomic E-state index is 11.7. The van der Waals surface area contributed by atoms with Crippen molar-refractivity contribution in [3.05, 3.63) is 35.4 Å². The first-order valence-electron chi connectivity index (χ1n) is 6.77. The first kappa shape index (κ1) is 12.7. The molecule has 100 valence electrons. The topological polar surface area (TPSA) is 57.9 Å². The summed E-state index contributed by atoms with van der Waals surface area (Å²) in [5.41, 5.74) is 1.71. The second-order valence-corrected chi connectivity index (χ2v) is 7.92. The van der Waals surface area contributed by atoms with Crippen LogP contribution in [0.2, 0.25) is 0 Å². The van der Waals surface area contributed by atoms with Gasteiger partial charge in [0.15, 0.2) is 9.84 Å². The predicted octanol–water partition coefficient (Wildman–Crippen LogP) is 2.22. The monoisotopic (exact) mass is 275 g/mol. The molecule has 0 radical (unpaired) electrons. The van der Waals surface area contributed by atoms with Crippen LogP contribution in [0.3, 0.4) is 0 Å². The average Bonchev–Trinajstić information content (AvgIpc) is 2.79. The Labute approximate surface area is 114 Å². The molecule has 0 bridgehead atoms. The second kappa shape index (κ2) is 4.35. The molecule has 1 aliphatic carbocycles. The molecule has 0 spiro atoms. The fourth-order valence-corrected chi connectivity index (χ4v) is 5.56. The highest BCUT2D eigenvalue weighted by Crippen LogP contribution is 2.46. The normalized spacial score (nSPS) is 32.5. The number of hydrogen-bond acceptors (Lipinski definition) is 3. The summed E-state index contributed by atoms with van der Waals surface area (Å²) in [5, 5.41) is 9.77. The number of hydrogen-bond donors (Lipinski definition) is 0. The van der Waals surface area contributed by atoms with Gasteiger partial charge in [-0.05, 0) is 42.7 Å². The minimum Gasteiger partial charge on any atom is -0.229 e. The van der Waals surface area contributed by atoms with Gasteiger partial charge in [0, 0.05) is 0 Å². The van der Waals surface area contributed by atoms with Gasteiger partial charge in [0.25, 0.3) is 0 Å². The van der Waals surface area contributed by atoms with Gasteiger partial charge in [-0.15, -0.1) is 0 Å². The predicted molar refractivity (Wildman–Crippen MR) is 73.4 cm³/mol. The summed E-state index contributed by atoms with van der Waals surface area (Å²) >= 11 is 0. The molecule has 1 fully saturated rings. The molecule has 3 rings (SSSR count). The highest BCUT2D eigenvalue weighted by Gasteiger charge is 2.47. The average molecular weight is 275 g/mol. The van der Waals surface area contributed by atoms with Crippen LogP contribution in [0, 0.1) is 17.2 Å². The Kier molecular flexibility index (Phi) is 2.90. The van der Waals surface area contributed by atoms with E-state index in [2.05, 4.69) is 12.1 Å². The van der Waals surface area contributed by atoms with E-state index in [0.717, 1.165) is 24.8 Å². The summed E-state index contributed by atoms with van der Waals surface area (Å²) in [7, 11) is -2.95. The molecule has 3 nitrogen and oxygen atoms in total. The number of fused-ring (bicyclic) bond motifs is 1. The summed E-state index contributed by atoms with van der Waals surface area (Å²) in [5.74, 6) is 0.377. The minimum atomic E-state index is -2.95. The highest BCUT2D eigenvalue weighted by atomic mass is 32.2. The van der Waals surface area contributed by atoms with Gasteiger partial charge < -0.3 is 0 Å². The van der Waals surface area contributed by atoms with E-state index in [1.165, 1.54) is 5.56 Å². The van der Waals surface area contributed by atoms with Gasteiger partial charge in [-0.1, -0.05) is 24.3 Å². The number of rotatable bonds is 1. The van der Waals surface area contributed by atoms with Crippen LogP contribution in [0.1, 0.15) is 30.4 Å². The van der Waals surface area contributed by atoms with Gasteiger partial charge in [-0.2, -0.15) is 5.26 Å². The Morgan fingerprint density at radius 2 is 2.11 bits per heavy atom. The molecule has 1 aromatic rings. The van der Waals surface area contributed by atoms with Crippen LogP contribution < -0.4 is 0 Å². The molecular formula is C15H17NO2S. The largest absolute Gasteiger partial charge is 0.229 e. The third kappa shape index (κ3) is 1.97. The summed E-state index contributed by atoms with van der Waals surface area (Å²) in [6.07, 6.45) is 3.39. The van der Waals surface area contributed by atoms with Crippen molar-refractivity contribution in [3.63, 3.8) is 0 Å². The van der Waals surface area contributed by atoms with E-state index >= 15 is 0 Å². The van der Waals surface area contributed by atoms with Crippen molar-refractivity contribution < 1.29 is 8.42 Å². The molecule has 2 unspecified atom stereocenters. The SMILES string of the molecule is N#CC1(C2CCS(=O)(=O)C2)CCCc2ccccc21. The van der Waals surface area contributed by atoms with Gasteiger partial charge in [0.1, 0.15) is 0 Å². The fraction of sp³-hybridized carbons (Fsp3) is 0.533. The molecule has 1 aliphatic heterocycles. The van der Waals surface area contributed by atoms with Crippen LogP contribution in [0.25, 0.3) is 0 Å². The van der Waals surface area contributed by atoms with Gasteiger partial charge in [-0.25, -0.2) is 8.42 Å². The van der Waals surface area contributed by atoms with E-state index in [1.54, 1.807) is 0 Å². The molecule has 2 atom stereocenters. The zero-order valence-corrected chi connectivity index (χ0v) is 11.6. The minimum absolute atomic E-state index is 0.0380. The quantitative estimate of drug-likeness (QED) is 0.789. The van der Waals surface area contributed by atoms with Crippen LogP contribution in [0.5, 0.6) is 0 Å². The maximum atomic E-state index is 11.7. The van der Waals surface area contributed by atoms with E-state index < -0.39 is 15.3 Å². The lowest BCUT2D eigenvalue weighted by atomic mass is 9.63. The molecule has 0 saturated carbocycles. The third-order valence-corrected chi connectivity index (χ3v) is 6.41. The van der Waals surface area contributed by atoms with Crippen molar-refractivity contribution in [1.29, 1.82) is 5.26 Å². The molecule has 4 heteroatoms. The van der Waals surface area contributed by atoms with E-state index in [0.29, 0.717) is 6.42 Å². The van der Waals surface area contributed by atoms with Crippen molar-refractivity contribution in [1.82, 2.24) is 0 Å². The number of nitrogens with zero attached hydrogens (tertiary/aromatic N) is 1. The third-order valence-electron chi connectivity index (χ3n) is 4.64. The molecule has 0 N–H and O–H groups in total. The standard InChI is InChI=1S/C15H17NO2S/c16-11-15(13-7-9-19(17,18)10-13)8-3-5-12-4-1-2-6-14(12)15/h1-2,4,6,13H,3,5,7-10H2. The fourth-order valence-electron chi connectivity index (χ4n) is 3.68. The Balaban J connectivity index is 2.09. The highest BCUT2D eigenvalue weighted by molar-refractivity contribution is 7.91. The lowest BCUT2D eigenvalue weighted by molar-refractivity contribution is 0.325. The maximum Gasteiger partial charge on any atom is 0.150 e. The van der Waals surface area contributed by atoms with Crippen LogP contribution in [0.4, 0.5) is 0 Å². The molecular weight excluding hydrogens is 258 g/mol. The lowest BCUT2D eigenvalue weighted by Gasteiger charge is -2.37. The first-order valence-corrected chi connectivity index (χ1v) is 8.60. The van der Waals surface area contributed by atoms with E-state index in [-0.39, 0.29) is 17.4 Å². The van der Waals surface area contributed by atoms with E-state index in [9.17, 15) is 13.7 Å². The summed E-state index contributed by atoms with van der Waals surface area (Å²) in [6.45, 7) is 0. The van der Waals surface area contributed by atoms with Crippen molar-refractivity contribution in [2.45, 2.75) is 31.1 Å². The van der Waals surface area contributed by atoms with Crippen LogP contribution in [-0.2, 0) is 21.7 Å². The second-order valence-electron chi connectivity index (χ2n) is 5.69. The first-order chi connectivity index (χ1) is 9.07. The van der Waals surface area contributed by atoms with Gasteiger partial charge in [0.2, 0.25) is 0 Å². The summed E-state index contributed by atoms with van der Waals surface area (Å²) in [4.78, 5) is 0. The molecule has 0 aromatic heterocycles. The van der Waals surface area contributed by atoms with Crippen molar-refractivity contribution in [3.8, 4) is 6.07 Å². The lowest BCUT2D eigenvalue weighted by Crippen LogP contribution is -2.38. The Morgan fingerprint density at radius 3 is 2.79 bits per heavy atom. The summed E-state index contributed by atoms with van der Waals surface area (Å²) < 4.78 is 23.5. The van der Waals surface area contributed by atoms with Crippen molar-refractivity contribution >= 4 is 9.84 Å². The smallest absolute Gasteiger partial charge is 0.150 e. The molecule has 0 amide bonds. The van der Waals surface area contributed by atoms with Crippen LogP contribution in [0.15, 0.2) is 24.3 Å². The van der Waals surface area contributed by atoms with E-state index in [1.807, 2.05) is 18.2 Å². The molecule has 1 aromatic carbocycles. The molecule has 2 aliphatic rings. The number of benzene rings is 1. The van der Waals surface area contributed by atoms with Crippen LogP contribution in [-0.4, -0.2) is 19.9 Å². The zero-order chi connectivity index (χ0) is 13.5. The number of sulfone groups is 1.